The second-order valence-electron chi connectivity index (χ2n) is 5.18. The summed E-state index contributed by atoms with van der Waals surface area (Å²) in [7, 11) is 0. The molecule has 4 heteroatoms. The van der Waals surface area contributed by atoms with Crippen LogP contribution in [0.15, 0.2) is 54.6 Å². The lowest BCUT2D eigenvalue weighted by Gasteiger charge is -2.19. The van der Waals surface area contributed by atoms with Gasteiger partial charge in [-0.3, -0.25) is 4.79 Å². The molecule has 1 heterocycles. The summed E-state index contributed by atoms with van der Waals surface area (Å²) in [5, 5.41) is 15.7. The molecule has 0 bridgehead atoms. The first-order valence-electron chi connectivity index (χ1n) is 7.08. The van der Waals surface area contributed by atoms with Gasteiger partial charge in [0, 0.05) is 12.2 Å². The van der Waals surface area contributed by atoms with Crippen molar-refractivity contribution < 1.29 is 9.90 Å². The maximum absolute atomic E-state index is 12.5. The number of anilines is 1. The Bertz CT molecular complexity index is 628. The number of hydrogen-bond donors (Lipinski definition) is 3. The van der Waals surface area contributed by atoms with Gasteiger partial charge in [0.05, 0.1) is 18.6 Å². The maximum atomic E-state index is 12.5. The van der Waals surface area contributed by atoms with Gasteiger partial charge in [0.15, 0.2) is 0 Å². The van der Waals surface area contributed by atoms with Crippen LogP contribution in [0.1, 0.15) is 23.1 Å². The summed E-state index contributed by atoms with van der Waals surface area (Å²) in [5.74, 6) is -0.269. The molecule has 0 aliphatic carbocycles. The number of para-hydroxylation sites is 1. The minimum absolute atomic E-state index is 0.0599. The number of fused-ring (bicyclic) bond motifs is 1. The number of rotatable bonds is 4. The molecule has 0 aromatic heterocycles. The molecule has 108 valence electrons. The van der Waals surface area contributed by atoms with Crippen LogP contribution in [0.5, 0.6) is 0 Å². The maximum Gasteiger partial charge on any atom is 0.229 e. The van der Waals surface area contributed by atoms with Crippen LogP contribution in [0.25, 0.3) is 0 Å². The van der Waals surface area contributed by atoms with E-state index in [4.69, 9.17) is 0 Å². The van der Waals surface area contributed by atoms with Gasteiger partial charge >= 0.3 is 0 Å². The molecule has 0 fully saturated rings. The van der Waals surface area contributed by atoms with Crippen LogP contribution in [0, 0.1) is 0 Å². The van der Waals surface area contributed by atoms with Gasteiger partial charge < -0.3 is 15.7 Å². The van der Waals surface area contributed by atoms with E-state index in [2.05, 4.69) is 10.6 Å². The topological polar surface area (TPSA) is 61.4 Å². The molecule has 3 N–H and O–H groups in total. The van der Waals surface area contributed by atoms with Gasteiger partial charge in [-0.05, 0) is 17.2 Å². The van der Waals surface area contributed by atoms with E-state index < -0.39 is 0 Å². The van der Waals surface area contributed by atoms with E-state index in [-0.39, 0.29) is 24.5 Å². The molecule has 3 rings (SSSR count). The van der Waals surface area contributed by atoms with Crippen LogP contribution < -0.4 is 10.6 Å². The molecule has 1 unspecified atom stereocenters. The summed E-state index contributed by atoms with van der Waals surface area (Å²) < 4.78 is 0. The molecule has 2 atom stereocenters. The third kappa shape index (κ3) is 2.76. The Hall–Kier alpha value is -2.33. The van der Waals surface area contributed by atoms with Crippen LogP contribution in [-0.4, -0.2) is 24.2 Å². The second-order valence-corrected chi connectivity index (χ2v) is 5.18. The predicted octanol–water partition coefficient (Wildman–Crippen LogP) is 2.05. The average molecular weight is 282 g/mol. The van der Waals surface area contributed by atoms with Crippen LogP contribution in [0.3, 0.4) is 0 Å². The van der Waals surface area contributed by atoms with E-state index in [9.17, 15) is 9.90 Å². The van der Waals surface area contributed by atoms with Crippen LogP contribution >= 0.6 is 0 Å². The quantitative estimate of drug-likeness (QED) is 0.804. The molecule has 1 amide bonds. The Kier molecular flexibility index (Phi) is 3.88. The molecule has 1 aliphatic heterocycles. The number of nitrogens with one attached hydrogen (secondary N) is 2. The first-order valence-corrected chi connectivity index (χ1v) is 7.08. The minimum atomic E-state index is -0.369. The number of carbonyl (C=O) groups excluding carboxylic acids is 1. The molecule has 4 nitrogen and oxygen atoms in total. The summed E-state index contributed by atoms with van der Waals surface area (Å²) >= 11 is 0. The zero-order chi connectivity index (χ0) is 14.7. The number of amides is 1. The van der Waals surface area contributed by atoms with Crippen LogP contribution in [-0.2, 0) is 4.79 Å². The highest BCUT2D eigenvalue weighted by Crippen LogP contribution is 2.31. The Labute approximate surface area is 123 Å². The van der Waals surface area contributed by atoms with Crippen molar-refractivity contribution in [3.63, 3.8) is 0 Å². The van der Waals surface area contributed by atoms with E-state index in [1.54, 1.807) is 0 Å². The number of benzene rings is 2. The minimum Gasteiger partial charge on any atom is -0.394 e. The lowest BCUT2D eigenvalue weighted by atomic mass is 9.99. The summed E-state index contributed by atoms with van der Waals surface area (Å²) in [4.78, 5) is 12.5. The number of hydrogen-bond acceptors (Lipinski definition) is 3. The van der Waals surface area contributed by atoms with Crippen molar-refractivity contribution in [1.29, 1.82) is 0 Å². The van der Waals surface area contributed by atoms with Crippen molar-refractivity contribution in [3.05, 3.63) is 65.7 Å². The van der Waals surface area contributed by atoms with Crippen molar-refractivity contribution in [1.82, 2.24) is 5.32 Å². The Balaban J connectivity index is 1.75. The Morgan fingerprint density at radius 3 is 2.67 bits per heavy atom. The van der Waals surface area contributed by atoms with Crippen LogP contribution in [0.2, 0.25) is 0 Å². The van der Waals surface area contributed by atoms with E-state index in [0.717, 1.165) is 16.8 Å². The molecular formula is C17H18N2O2. The third-order valence-corrected chi connectivity index (χ3v) is 3.85. The fraction of sp³-hybridized carbons (Fsp3) is 0.235. The molecule has 2 aromatic rings. The number of aliphatic hydroxyl groups is 1. The normalized spacial score (nSPS) is 17.7. The van der Waals surface area contributed by atoms with E-state index in [1.165, 1.54) is 0 Å². The SMILES string of the molecule is O=C(N[C@@H](CO)c1ccccc1)C1CNc2ccccc21. The summed E-state index contributed by atoms with van der Waals surface area (Å²) in [6.07, 6.45) is 0. The molecule has 21 heavy (non-hydrogen) atoms. The Morgan fingerprint density at radius 1 is 1.19 bits per heavy atom. The van der Waals surface area contributed by atoms with Gasteiger partial charge in [-0.2, -0.15) is 0 Å². The summed E-state index contributed by atoms with van der Waals surface area (Å²) in [6.45, 7) is 0.482. The molecule has 2 aromatic carbocycles. The highest BCUT2D eigenvalue weighted by Gasteiger charge is 2.29. The first-order chi connectivity index (χ1) is 10.3. The van der Waals surface area contributed by atoms with Gasteiger partial charge in [0.1, 0.15) is 0 Å². The summed E-state index contributed by atoms with van der Waals surface area (Å²) in [6, 6.07) is 17.0. The monoisotopic (exact) mass is 282 g/mol. The second kappa shape index (κ2) is 5.97. The highest BCUT2D eigenvalue weighted by atomic mass is 16.3. The third-order valence-electron chi connectivity index (χ3n) is 3.85. The lowest BCUT2D eigenvalue weighted by molar-refractivity contribution is -0.123. The van der Waals surface area contributed by atoms with Gasteiger partial charge in [0.2, 0.25) is 5.91 Å². The van der Waals surface area contributed by atoms with Crippen LogP contribution in [0.4, 0.5) is 5.69 Å². The standard InChI is InChI=1S/C17H18N2O2/c20-11-16(12-6-2-1-3-7-12)19-17(21)14-10-18-15-9-5-4-8-13(14)15/h1-9,14,16,18,20H,10-11H2,(H,19,21)/t14?,16-/m0/s1. The largest absolute Gasteiger partial charge is 0.394 e. The number of aliphatic hydroxyl groups excluding tert-OH is 1. The Morgan fingerprint density at radius 2 is 1.90 bits per heavy atom. The van der Waals surface area contributed by atoms with E-state index in [1.807, 2.05) is 54.6 Å². The summed E-state index contributed by atoms with van der Waals surface area (Å²) in [5.41, 5.74) is 2.94. The highest BCUT2D eigenvalue weighted by molar-refractivity contribution is 5.88. The molecule has 0 radical (unpaired) electrons. The van der Waals surface area contributed by atoms with Gasteiger partial charge in [0.25, 0.3) is 0 Å². The van der Waals surface area contributed by atoms with E-state index >= 15 is 0 Å². The predicted molar refractivity (Wildman–Crippen MR) is 82.1 cm³/mol. The van der Waals surface area contributed by atoms with Crippen molar-refractivity contribution in [2.45, 2.75) is 12.0 Å². The van der Waals surface area contributed by atoms with Gasteiger partial charge in [-0.25, -0.2) is 0 Å². The van der Waals surface area contributed by atoms with Crippen molar-refractivity contribution in [2.24, 2.45) is 0 Å². The van der Waals surface area contributed by atoms with Crippen molar-refractivity contribution in [2.75, 3.05) is 18.5 Å². The van der Waals surface area contributed by atoms with Crippen molar-refractivity contribution >= 4 is 11.6 Å². The lowest BCUT2D eigenvalue weighted by Crippen LogP contribution is -2.35. The van der Waals surface area contributed by atoms with Gasteiger partial charge in [-0.15, -0.1) is 0 Å². The van der Waals surface area contributed by atoms with E-state index in [0.29, 0.717) is 6.54 Å². The van der Waals surface area contributed by atoms with Crippen molar-refractivity contribution in [3.8, 4) is 0 Å². The molecule has 0 saturated heterocycles. The zero-order valence-electron chi connectivity index (χ0n) is 11.6. The number of carbonyl (C=O) groups is 1. The fourth-order valence-corrected chi connectivity index (χ4v) is 2.71. The van der Waals surface area contributed by atoms with Gasteiger partial charge in [-0.1, -0.05) is 48.5 Å². The first kappa shape index (κ1) is 13.6. The molecule has 0 spiro atoms. The zero-order valence-corrected chi connectivity index (χ0v) is 11.6. The molecule has 1 aliphatic rings. The fourth-order valence-electron chi connectivity index (χ4n) is 2.71. The molecular weight excluding hydrogens is 264 g/mol. The smallest absolute Gasteiger partial charge is 0.229 e. The average Bonchev–Trinajstić information content (AvgIpc) is 2.97. The molecule has 0 saturated carbocycles.